The van der Waals surface area contributed by atoms with Gasteiger partial charge in [-0.15, -0.1) is 0 Å². The molecule has 0 radical (unpaired) electrons. The number of hydrogen-bond donors (Lipinski definition) is 1. The first-order chi connectivity index (χ1) is 9.63. The van der Waals surface area contributed by atoms with Crippen LogP contribution in [0.3, 0.4) is 0 Å². The maximum atomic E-state index is 13.5. The smallest absolute Gasteiger partial charge is 0.123 e. The van der Waals surface area contributed by atoms with Gasteiger partial charge in [0.15, 0.2) is 0 Å². The van der Waals surface area contributed by atoms with Crippen LogP contribution >= 0.6 is 0 Å². The van der Waals surface area contributed by atoms with Crippen molar-refractivity contribution in [2.75, 3.05) is 13.6 Å². The van der Waals surface area contributed by atoms with Crippen molar-refractivity contribution in [2.24, 2.45) is 17.8 Å². The molecule has 0 aliphatic heterocycles. The molecule has 3 atom stereocenters. The van der Waals surface area contributed by atoms with Crippen molar-refractivity contribution >= 4 is 0 Å². The van der Waals surface area contributed by atoms with E-state index < -0.39 is 0 Å². The van der Waals surface area contributed by atoms with E-state index in [2.05, 4.69) is 19.2 Å². The fourth-order valence-corrected chi connectivity index (χ4v) is 3.72. The molecule has 1 fully saturated rings. The van der Waals surface area contributed by atoms with Crippen LogP contribution in [0.25, 0.3) is 0 Å². The molecule has 1 aliphatic carbocycles. The molecule has 1 nitrogen and oxygen atoms in total. The first-order valence-corrected chi connectivity index (χ1v) is 8.03. The second kappa shape index (κ2) is 7.21. The minimum Gasteiger partial charge on any atom is -0.319 e. The quantitative estimate of drug-likeness (QED) is 0.844. The maximum absolute atomic E-state index is 13.5. The molecule has 20 heavy (non-hydrogen) atoms. The van der Waals surface area contributed by atoms with E-state index in [1.165, 1.54) is 36.8 Å². The van der Waals surface area contributed by atoms with E-state index in [0.29, 0.717) is 5.92 Å². The molecule has 1 aromatic rings. The van der Waals surface area contributed by atoms with Crippen LogP contribution in [-0.2, 0) is 6.42 Å². The summed E-state index contributed by atoms with van der Waals surface area (Å²) in [6.45, 7) is 5.49. The molecular formula is C18H28FN. The predicted octanol–water partition coefficient (Wildman–Crippen LogP) is 4.34. The van der Waals surface area contributed by atoms with Gasteiger partial charge >= 0.3 is 0 Å². The van der Waals surface area contributed by atoms with E-state index >= 15 is 0 Å². The fraction of sp³-hybridized carbons (Fsp3) is 0.667. The highest BCUT2D eigenvalue weighted by atomic mass is 19.1. The molecule has 3 unspecified atom stereocenters. The van der Waals surface area contributed by atoms with Crippen LogP contribution in [0.4, 0.5) is 4.39 Å². The molecule has 0 saturated heterocycles. The Labute approximate surface area is 123 Å². The fourth-order valence-electron chi connectivity index (χ4n) is 3.72. The molecule has 1 aromatic carbocycles. The zero-order chi connectivity index (χ0) is 14.5. The highest BCUT2D eigenvalue weighted by molar-refractivity contribution is 5.27. The summed E-state index contributed by atoms with van der Waals surface area (Å²) in [5, 5.41) is 3.34. The zero-order valence-corrected chi connectivity index (χ0v) is 13.1. The van der Waals surface area contributed by atoms with E-state index in [9.17, 15) is 4.39 Å². The number of hydrogen-bond acceptors (Lipinski definition) is 1. The number of aryl methyl sites for hydroxylation is 1. The molecule has 1 saturated carbocycles. The topological polar surface area (TPSA) is 12.0 Å². The van der Waals surface area contributed by atoms with Crippen LogP contribution in [-0.4, -0.2) is 13.6 Å². The van der Waals surface area contributed by atoms with E-state index in [0.717, 1.165) is 24.8 Å². The Morgan fingerprint density at radius 3 is 2.75 bits per heavy atom. The lowest BCUT2D eigenvalue weighted by molar-refractivity contribution is 0.173. The monoisotopic (exact) mass is 277 g/mol. The summed E-state index contributed by atoms with van der Waals surface area (Å²) < 4.78 is 13.5. The van der Waals surface area contributed by atoms with Crippen LogP contribution in [0.2, 0.25) is 0 Å². The summed E-state index contributed by atoms with van der Waals surface area (Å²) in [5.41, 5.74) is 2.43. The molecule has 0 heterocycles. The molecule has 2 rings (SSSR count). The van der Waals surface area contributed by atoms with Gasteiger partial charge in [-0.1, -0.05) is 25.8 Å². The molecule has 0 amide bonds. The SMILES string of the molecule is CCC1CCC(CNC)C(Cc2cc(F)ccc2C)C1. The van der Waals surface area contributed by atoms with Gasteiger partial charge in [0.1, 0.15) is 5.82 Å². The Morgan fingerprint density at radius 1 is 1.25 bits per heavy atom. The second-order valence-electron chi connectivity index (χ2n) is 6.44. The Bertz CT molecular complexity index is 429. The van der Waals surface area contributed by atoms with Crippen molar-refractivity contribution in [1.82, 2.24) is 5.32 Å². The summed E-state index contributed by atoms with van der Waals surface area (Å²) in [5.74, 6) is 2.20. The van der Waals surface area contributed by atoms with Gasteiger partial charge in [0.2, 0.25) is 0 Å². The molecule has 0 spiro atoms. The van der Waals surface area contributed by atoms with Gasteiger partial charge in [0.25, 0.3) is 0 Å². The van der Waals surface area contributed by atoms with Crippen molar-refractivity contribution < 1.29 is 4.39 Å². The highest BCUT2D eigenvalue weighted by Crippen LogP contribution is 2.37. The largest absolute Gasteiger partial charge is 0.319 e. The Morgan fingerprint density at radius 2 is 2.05 bits per heavy atom. The third-order valence-electron chi connectivity index (χ3n) is 5.09. The maximum Gasteiger partial charge on any atom is 0.123 e. The Balaban J connectivity index is 2.11. The summed E-state index contributed by atoms with van der Waals surface area (Å²) >= 11 is 0. The molecule has 2 heteroatoms. The minimum absolute atomic E-state index is 0.0985. The summed E-state index contributed by atoms with van der Waals surface area (Å²) in [6.07, 6.45) is 6.30. The van der Waals surface area contributed by atoms with Crippen molar-refractivity contribution in [3.63, 3.8) is 0 Å². The van der Waals surface area contributed by atoms with Gasteiger partial charge in [-0.25, -0.2) is 4.39 Å². The third-order valence-corrected chi connectivity index (χ3v) is 5.09. The van der Waals surface area contributed by atoms with E-state index in [-0.39, 0.29) is 5.82 Å². The standard InChI is InChI=1S/C18H28FN/c1-4-14-6-7-15(12-20-3)17(9-14)10-16-11-18(19)8-5-13(16)2/h5,8,11,14-15,17,20H,4,6-7,9-10,12H2,1-3H3. The third kappa shape index (κ3) is 3.82. The normalized spacial score (nSPS) is 26.7. The van der Waals surface area contributed by atoms with Crippen LogP contribution in [0.15, 0.2) is 18.2 Å². The molecule has 0 aromatic heterocycles. The van der Waals surface area contributed by atoms with E-state index in [1.54, 1.807) is 12.1 Å². The minimum atomic E-state index is -0.0985. The van der Waals surface area contributed by atoms with Crippen molar-refractivity contribution in [1.29, 1.82) is 0 Å². The number of halogens is 1. The lowest BCUT2D eigenvalue weighted by atomic mass is 9.70. The average Bonchev–Trinajstić information content (AvgIpc) is 2.45. The van der Waals surface area contributed by atoms with Gasteiger partial charge in [-0.05, 0) is 80.8 Å². The Hall–Kier alpha value is -0.890. The zero-order valence-electron chi connectivity index (χ0n) is 13.1. The number of benzene rings is 1. The molecule has 1 N–H and O–H groups in total. The molecule has 1 aliphatic rings. The number of nitrogens with one attached hydrogen (secondary N) is 1. The van der Waals surface area contributed by atoms with E-state index in [1.807, 2.05) is 13.1 Å². The molecule has 112 valence electrons. The first kappa shape index (κ1) is 15.5. The first-order valence-electron chi connectivity index (χ1n) is 8.03. The molecule has 0 bridgehead atoms. The van der Waals surface area contributed by atoms with Crippen LogP contribution in [0, 0.1) is 30.5 Å². The van der Waals surface area contributed by atoms with Gasteiger partial charge in [0, 0.05) is 0 Å². The van der Waals surface area contributed by atoms with Crippen LogP contribution in [0.1, 0.15) is 43.7 Å². The summed E-state index contributed by atoms with van der Waals surface area (Å²) in [4.78, 5) is 0. The predicted molar refractivity (Wildman–Crippen MR) is 83.4 cm³/mol. The van der Waals surface area contributed by atoms with Gasteiger partial charge in [-0.2, -0.15) is 0 Å². The van der Waals surface area contributed by atoms with Crippen molar-refractivity contribution in [3.05, 3.63) is 35.1 Å². The van der Waals surface area contributed by atoms with Gasteiger partial charge in [-0.3, -0.25) is 0 Å². The number of rotatable bonds is 5. The average molecular weight is 277 g/mol. The van der Waals surface area contributed by atoms with Crippen LogP contribution < -0.4 is 5.32 Å². The van der Waals surface area contributed by atoms with E-state index in [4.69, 9.17) is 0 Å². The van der Waals surface area contributed by atoms with Crippen molar-refractivity contribution in [2.45, 2.75) is 46.0 Å². The molecular weight excluding hydrogens is 249 g/mol. The van der Waals surface area contributed by atoms with Crippen molar-refractivity contribution in [3.8, 4) is 0 Å². The lowest BCUT2D eigenvalue weighted by Gasteiger charge is -2.36. The second-order valence-corrected chi connectivity index (χ2v) is 6.44. The van der Waals surface area contributed by atoms with Gasteiger partial charge < -0.3 is 5.32 Å². The van der Waals surface area contributed by atoms with Crippen LogP contribution in [0.5, 0.6) is 0 Å². The highest BCUT2D eigenvalue weighted by Gasteiger charge is 2.29. The Kier molecular flexibility index (Phi) is 5.59. The lowest BCUT2D eigenvalue weighted by Crippen LogP contribution is -2.33. The summed E-state index contributed by atoms with van der Waals surface area (Å²) in [6, 6.07) is 5.22. The summed E-state index contributed by atoms with van der Waals surface area (Å²) in [7, 11) is 2.04. The van der Waals surface area contributed by atoms with Gasteiger partial charge in [0.05, 0.1) is 0 Å².